The second kappa shape index (κ2) is 8.83. The van der Waals surface area contributed by atoms with E-state index in [9.17, 15) is 14.7 Å². The van der Waals surface area contributed by atoms with Gasteiger partial charge in [-0.3, -0.25) is 19.4 Å². The van der Waals surface area contributed by atoms with E-state index >= 15 is 0 Å². The Hall–Kier alpha value is -1.94. The van der Waals surface area contributed by atoms with E-state index in [1.54, 1.807) is 6.20 Å². The van der Waals surface area contributed by atoms with Crippen molar-refractivity contribution in [3.63, 3.8) is 0 Å². The summed E-state index contributed by atoms with van der Waals surface area (Å²) >= 11 is 3.45. The number of aromatic nitrogens is 1. The van der Waals surface area contributed by atoms with Crippen LogP contribution in [0.3, 0.4) is 0 Å². The monoisotopic (exact) mass is 464 g/mol. The van der Waals surface area contributed by atoms with Crippen molar-refractivity contribution >= 4 is 38.7 Å². The zero-order valence-electron chi connectivity index (χ0n) is 16.1. The largest absolute Gasteiger partial charge is 0.480 e. The molecule has 2 N–H and O–H groups in total. The standard InChI is InChI=1S/C20H25BrN4O4/c21-14-1-2-15-16(12-22-17(15)11-14)19(20(27)28)25-5-3-23(4-6-25)13-18(26)24-7-9-29-10-8-24/h1-2,11-12,19,22H,3-10,13H2,(H,27,28)/t19-/m1/s1. The molecule has 0 aliphatic carbocycles. The molecular formula is C20H25BrN4O4. The van der Waals surface area contributed by atoms with Gasteiger partial charge in [0.2, 0.25) is 5.91 Å². The molecule has 4 rings (SSSR count). The lowest BCUT2D eigenvalue weighted by atomic mass is 10.0. The van der Waals surface area contributed by atoms with Crippen LogP contribution in [0.4, 0.5) is 0 Å². The van der Waals surface area contributed by atoms with Crippen molar-refractivity contribution in [1.29, 1.82) is 0 Å². The minimum Gasteiger partial charge on any atom is -0.480 e. The van der Waals surface area contributed by atoms with Crippen LogP contribution >= 0.6 is 15.9 Å². The highest BCUT2D eigenvalue weighted by Gasteiger charge is 2.32. The number of carbonyl (C=O) groups is 2. The number of hydrogen-bond acceptors (Lipinski definition) is 5. The number of benzene rings is 1. The molecule has 0 spiro atoms. The van der Waals surface area contributed by atoms with Crippen molar-refractivity contribution < 1.29 is 19.4 Å². The molecule has 2 aromatic rings. The predicted molar refractivity (Wildman–Crippen MR) is 112 cm³/mol. The van der Waals surface area contributed by atoms with Gasteiger partial charge >= 0.3 is 5.97 Å². The average Bonchev–Trinajstić information content (AvgIpc) is 3.12. The quantitative estimate of drug-likeness (QED) is 0.697. The number of amides is 1. The van der Waals surface area contributed by atoms with Crippen LogP contribution < -0.4 is 0 Å². The van der Waals surface area contributed by atoms with E-state index in [4.69, 9.17) is 4.74 Å². The van der Waals surface area contributed by atoms with Crippen molar-refractivity contribution in [2.75, 3.05) is 59.0 Å². The second-order valence-corrected chi connectivity index (χ2v) is 8.40. The predicted octanol–water partition coefficient (Wildman–Crippen LogP) is 1.53. The molecule has 156 valence electrons. The fraction of sp³-hybridized carbons (Fsp3) is 0.500. The van der Waals surface area contributed by atoms with Gasteiger partial charge in [0, 0.05) is 66.4 Å². The van der Waals surface area contributed by atoms with Crippen molar-refractivity contribution in [2.24, 2.45) is 0 Å². The van der Waals surface area contributed by atoms with Gasteiger partial charge < -0.3 is 19.7 Å². The molecule has 1 atom stereocenters. The Balaban J connectivity index is 1.41. The number of hydrogen-bond donors (Lipinski definition) is 2. The average molecular weight is 465 g/mol. The maximum atomic E-state index is 12.5. The summed E-state index contributed by atoms with van der Waals surface area (Å²) < 4.78 is 6.25. The number of ether oxygens (including phenoxy) is 1. The molecule has 1 aromatic heterocycles. The molecule has 1 amide bonds. The zero-order chi connectivity index (χ0) is 20.4. The third-order valence-corrected chi connectivity index (χ3v) is 6.19. The van der Waals surface area contributed by atoms with E-state index in [0.717, 1.165) is 20.9 Å². The van der Waals surface area contributed by atoms with E-state index in [2.05, 4.69) is 25.8 Å². The summed E-state index contributed by atoms with van der Waals surface area (Å²) in [6.45, 7) is 5.44. The Kier molecular flexibility index (Phi) is 6.19. The number of piperazine rings is 1. The van der Waals surface area contributed by atoms with Gasteiger partial charge in [-0.25, -0.2) is 0 Å². The van der Waals surface area contributed by atoms with E-state index < -0.39 is 12.0 Å². The van der Waals surface area contributed by atoms with Crippen molar-refractivity contribution in [3.05, 3.63) is 34.4 Å². The molecule has 3 heterocycles. The Morgan fingerprint density at radius 3 is 2.55 bits per heavy atom. The molecule has 0 saturated carbocycles. The number of nitrogens with one attached hydrogen (secondary N) is 1. The first-order valence-corrected chi connectivity index (χ1v) is 10.6. The number of aliphatic carboxylic acids is 1. The first-order chi connectivity index (χ1) is 14.0. The Labute approximate surface area is 177 Å². The van der Waals surface area contributed by atoms with Gasteiger partial charge in [-0.1, -0.05) is 22.0 Å². The summed E-state index contributed by atoms with van der Waals surface area (Å²) in [5.74, 6) is -0.731. The number of carbonyl (C=O) groups excluding carboxylic acids is 1. The third kappa shape index (κ3) is 4.48. The van der Waals surface area contributed by atoms with Crippen molar-refractivity contribution in [2.45, 2.75) is 6.04 Å². The molecule has 2 aliphatic heterocycles. The van der Waals surface area contributed by atoms with Crippen molar-refractivity contribution in [3.8, 4) is 0 Å². The SMILES string of the molecule is O=C(O)[C@@H](c1c[nH]c2cc(Br)ccc12)N1CCN(CC(=O)N2CCOCC2)CC1. The lowest BCUT2D eigenvalue weighted by molar-refractivity contribution is -0.145. The minimum atomic E-state index is -0.855. The van der Waals surface area contributed by atoms with Crippen LogP contribution in [0.5, 0.6) is 0 Å². The van der Waals surface area contributed by atoms with Crippen LogP contribution in [0.1, 0.15) is 11.6 Å². The van der Waals surface area contributed by atoms with Gasteiger partial charge in [-0.15, -0.1) is 0 Å². The molecule has 0 unspecified atom stereocenters. The van der Waals surface area contributed by atoms with Crippen molar-refractivity contribution in [1.82, 2.24) is 19.7 Å². The number of carboxylic acid groups (broad SMARTS) is 1. The first-order valence-electron chi connectivity index (χ1n) is 9.84. The molecular weight excluding hydrogens is 440 g/mol. The fourth-order valence-electron chi connectivity index (χ4n) is 4.12. The summed E-state index contributed by atoms with van der Waals surface area (Å²) in [7, 11) is 0. The summed E-state index contributed by atoms with van der Waals surface area (Å²) in [6, 6.07) is 5.11. The van der Waals surface area contributed by atoms with Crippen LogP contribution in [0.2, 0.25) is 0 Å². The van der Waals surface area contributed by atoms with E-state index in [1.165, 1.54) is 0 Å². The number of aromatic amines is 1. The van der Waals surface area contributed by atoms with Crippen LogP contribution in [0.25, 0.3) is 10.9 Å². The molecule has 1 aromatic carbocycles. The lowest BCUT2D eigenvalue weighted by Gasteiger charge is -2.38. The molecule has 9 heteroatoms. The fourth-order valence-corrected chi connectivity index (χ4v) is 4.48. The molecule has 0 bridgehead atoms. The number of fused-ring (bicyclic) bond motifs is 1. The van der Waals surface area contributed by atoms with E-state index in [0.29, 0.717) is 59.0 Å². The van der Waals surface area contributed by atoms with Crippen LogP contribution in [0.15, 0.2) is 28.9 Å². The zero-order valence-corrected chi connectivity index (χ0v) is 17.7. The van der Waals surface area contributed by atoms with Gasteiger partial charge in [0.1, 0.15) is 6.04 Å². The van der Waals surface area contributed by atoms with Gasteiger partial charge in [-0.05, 0) is 12.1 Å². The lowest BCUT2D eigenvalue weighted by Crippen LogP contribution is -2.52. The topological polar surface area (TPSA) is 89.1 Å². The van der Waals surface area contributed by atoms with Crippen LogP contribution in [0, 0.1) is 0 Å². The number of H-pyrrole nitrogens is 1. The first kappa shape index (κ1) is 20.3. The molecule has 2 saturated heterocycles. The Morgan fingerprint density at radius 2 is 1.86 bits per heavy atom. The van der Waals surface area contributed by atoms with Gasteiger partial charge in [0.05, 0.1) is 19.8 Å². The number of nitrogens with zero attached hydrogens (tertiary/aromatic N) is 3. The minimum absolute atomic E-state index is 0.124. The highest BCUT2D eigenvalue weighted by atomic mass is 79.9. The second-order valence-electron chi connectivity index (χ2n) is 7.48. The van der Waals surface area contributed by atoms with Gasteiger partial charge in [0.25, 0.3) is 0 Å². The molecule has 2 aliphatic rings. The molecule has 8 nitrogen and oxygen atoms in total. The number of carboxylic acids is 1. The van der Waals surface area contributed by atoms with E-state index in [1.807, 2.05) is 28.0 Å². The molecule has 29 heavy (non-hydrogen) atoms. The highest BCUT2D eigenvalue weighted by Crippen LogP contribution is 2.31. The maximum absolute atomic E-state index is 12.5. The molecule has 2 fully saturated rings. The summed E-state index contributed by atoms with van der Waals surface area (Å²) in [5, 5.41) is 10.9. The Bertz CT molecular complexity index is 888. The van der Waals surface area contributed by atoms with Gasteiger partial charge in [-0.2, -0.15) is 0 Å². The number of morpholine rings is 1. The van der Waals surface area contributed by atoms with Crippen LogP contribution in [-0.2, 0) is 14.3 Å². The summed E-state index contributed by atoms with van der Waals surface area (Å²) in [5.41, 5.74) is 1.69. The summed E-state index contributed by atoms with van der Waals surface area (Å²) in [6.07, 6.45) is 1.80. The molecule has 0 radical (unpaired) electrons. The third-order valence-electron chi connectivity index (χ3n) is 5.70. The highest BCUT2D eigenvalue weighted by molar-refractivity contribution is 9.10. The normalized spacial score (nSPS) is 20.1. The van der Waals surface area contributed by atoms with E-state index in [-0.39, 0.29) is 5.91 Å². The number of rotatable bonds is 5. The van der Waals surface area contributed by atoms with Crippen LogP contribution in [-0.4, -0.2) is 95.7 Å². The summed E-state index contributed by atoms with van der Waals surface area (Å²) in [4.78, 5) is 33.7. The number of halogens is 1. The maximum Gasteiger partial charge on any atom is 0.325 e. The Morgan fingerprint density at radius 1 is 1.14 bits per heavy atom. The van der Waals surface area contributed by atoms with Gasteiger partial charge in [0.15, 0.2) is 0 Å². The smallest absolute Gasteiger partial charge is 0.325 e.